The Bertz CT molecular complexity index is 274. The maximum Gasteiger partial charge on any atom is 0.0343 e. The zero-order valence-corrected chi connectivity index (χ0v) is 9.72. The molecule has 0 aliphatic rings. The summed E-state index contributed by atoms with van der Waals surface area (Å²) < 4.78 is 0. The van der Waals surface area contributed by atoms with Gasteiger partial charge in [-0.25, -0.2) is 0 Å². The number of anilines is 1. The van der Waals surface area contributed by atoms with Crippen LogP contribution in [0.15, 0.2) is 24.3 Å². The lowest BCUT2D eigenvalue weighted by Crippen LogP contribution is -2.11. The van der Waals surface area contributed by atoms with Crippen LogP contribution in [-0.4, -0.2) is 31.3 Å². The van der Waals surface area contributed by atoms with Crippen molar-refractivity contribution in [3.8, 4) is 0 Å². The predicted octanol–water partition coefficient (Wildman–Crippen LogP) is 2.09. The molecule has 0 bridgehead atoms. The fourth-order valence-electron chi connectivity index (χ4n) is 1.35. The lowest BCUT2D eigenvalue weighted by atomic mass is 10.2. The number of rotatable bonds is 5. The Morgan fingerprint density at radius 2 is 2.14 bits per heavy atom. The van der Waals surface area contributed by atoms with Crippen LogP contribution in [0.3, 0.4) is 0 Å². The van der Waals surface area contributed by atoms with Crippen molar-refractivity contribution in [1.82, 2.24) is 4.90 Å². The zero-order chi connectivity index (χ0) is 10.4. The number of benzene rings is 1. The number of hydrogen-bond donors (Lipinski definition) is 2. The van der Waals surface area contributed by atoms with E-state index in [0.717, 1.165) is 18.8 Å². The van der Waals surface area contributed by atoms with Gasteiger partial charge in [0.2, 0.25) is 0 Å². The Labute approximate surface area is 91.7 Å². The first-order chi connectivity index (χ1) is 6.72. The summed E-state index contributed by atoms with van der Waals surface area (Å²) >= 11 is 4.16. The number of nitrogens with zero attached hydrogens (tertiary/aromatic N) is 1. The smallest absolute Gasteiger partial charge is 0.0343 e. The zero-order valence-electron chi connectivity index (χ0n) is 8.83. The lowest BCUT2D eigenvalue weighted by Gasteiger charge is -2.11. The number of hydrogen-bond acceptors (Lipinski definition) is 3. The van der Waals surface area contributed by atoms with Gasteiger partial charge in [0.1, 0.15) is 0 Å². The second-order valence-corrected chi connectivity index (χ2v) is 4.04. The van der Waals surface area contributed by atoms with E-state index < -0.39 is 0 Å². The van der Waals surface area contributed by atoms with Crippen LogP contribution in [0, 0.1) is 0 Å². The molecule has 0 fully saturated rings. The minimum atomic E-state index is 0.859. The molecule has 1 aromatic rings. The molecule has 1 aromatic carbocycles. The highest BCUT2D eigenvalue weighted by Gasteiger charge is 1.96. The molecule has 3 heteroatoms. The predicted molar refractivity (Wildman–Crippen MR) is 66.2 cm³/mol. The summed E-state index contributed by atoms with van der Waals surface area (Å²) in [7, 11) is 4.15. The number of thiol groups is 1. The summed E-state index contributed by atoms with van der Waals surface area (Å²) in [6.45, 7) is 1.89. The van der Waals surface area contributed by atoms with Gasteiger partial charge in [-0.15, -0.1) is 0 Å². The number of nitrogens with one attached hydrogen (secondary N) is 1. The molecule has 0 spiro atoms. The molecular weight excluding hydrogens is 192 g/mol. The highest BCUT2D eigenvalue weighted by Crippen LogP contribution is 2.11. The van der Waals surface area contributed by atoms with Gasteiger partial charge in [0.05, 0.1) is 0 Å². The molecule has 78 valence electrons. The van der Waals surface area contributed by atoms with Gasteiger partial charge in [-0.05, 0) is 31.8 Å². The molecule has 0 unspecified atom stereocenters. The van der Waals surface area contributed by atoms with Gasteiger partial charge >= 0.3 is 0 Å². The van der Waals surface area contributed by atoms with Crippen molar-refractivity contribution in [3.63, 3.8) is 0 Å². The van der Waals surface area contributed by atoms with Crippen molar-refractivity contribution >= 4 is 18.3 Å². The van der Waals surface area contributed by atoms with E-state index in [1.54, 1.807) is 0 Å². The van der Waals surface area contributed by atoms with Crippen molar-refractivity contribution in [2.45, 2.75) is 6.54 Å². The van der Waals surface area contributed by atoms with E-state index in [9.17, 15) is 0 Å². The highest BCUT2D eigenvalue weighted by atomic mass is 32.1. The van der Waals surface area contributed by atoms with Crippen molar-refractivity contribution in [2.75, 3.05) is 31.7 Å². The topological polar surface area (TPSA) is 15.3 Å². The molecule has 0 heterocycles. The summed E-state index contributed by atoms with van der Waals surface area (Å²) in [5.41, 5.74) is 2.51. The summed E-state index contributed by atoms with van der Waals surface area (Å²) in [6.07, 6.45) is 0. The van der Waals surface area contributed by atoms with Crippen molar-refractivity contribution in [2.24, 2.45) is 0 Å². The molecule has 2 nitrogen and oxygen atoms in total. The van der Waals surface area contributed by atoms with Crippen LogP contribution >= 0.6 is 12.6 Å². The quantitative estimate of drug-likeness (QED) is 0.724. The second kappa shape index (κ2) is 5.94. The van der Waals surface area contributed by atoms with Crippen LogP contribution in [0.2, 0.25) is 0 Å². The van der Waals surface area contributed by atoms with Gasteiger partial charge in [0.15, 0.2) is 0 Å². The maximum absolute atomic E-state index is 4.16. The second-order valence-electron chi connectivity index (χ2n) is 3.59. The molecule has 1 N–H and O–H groups in total. The first-order valence-corrected chi connectivity index (χ1v) is 5.44. The van der Waals surface area contributed by atoms with E-state index >= 15 is 0 Å². The van der Waals surface area contributed by atoms with Crippen molar-refractivity contribution in [3.05, 3.63) is 29.8 Å². The Morgan fingerprint density at radius 1 is 1.36 bits per heavy atom. The lowest BCUT2D eigenvalue weighted by molar-refractivity contribution is 0.402. The SMILES string of the molecule is CN(C)Cc1cccc(NCCS)c1. The van der Waals surface area contributed by atoms with Gasteiger partial charge in [0.25, 0.3) is 0 Å². The summed E-state index contributed by atoms with van der Waals surface area (Å²) in [4.78, 5) is 2.16. The molecule has 0 aromatic heterocycles. The van der Waals surface area contributed by atoms with Gasteiger partial charge in [-0.2, -0.15) is 12.6 Å². The molecule has 0 saturated heterocycles. The Balaban J connectivity index is 2.59. The Hall–Kier alpha value is -0.670. The van der Waals surface area contributed by atoms with Crippen molar-refractivity contribution in [1.29, 1.82) is 0 Å². The first-order valence-electron chi connectivity index (χ1n) is 4.81. The van der Waals surface area contributed by atoms with Crippen LogP contribution in [0.1, 0.15) is 5.56 Å². The van der Waals surface area contributed by atoms with E-state index in [0.29, 0.717) is 0 Å². The standard InChI is InChI=1S/C11H18N2S/c1-13(2)9-10-4-3-5-11(8-10)12-6-7-14/h3-5,8,12,14H,6-7,9H2,1-2H3. The summed E-state index contributed by atoms with van der Waals surface area (Å²) in [5, 5.41) is 3.31. The molecule has 0 radical (unpaired) electrons. The monoisotopic (exact) mass is 210 g/mol. The molecule has 0 amide bonds. The van der Waals surface area contributed by atoms with E-state index in [-0.39, 0.29) is 0 Å². The molecule has 14 heavy (non-hydrogen) atoms. The largest absolute Gasteiger partial charge is 0.384 e. The summed E-state index contributed by atoms with van der Waals surface area (Å²) in [6, 6.07) is 8.50. The van der Waals surface area contributed by atoms with Crippen LogP contribution in [0.5, 0.6) is 0 Å². The van der Waals surface area contributed by atoms with Crippen molar-refractivity contribution < 1.29 is 0 Å². The molecular formula is C11H18N2S. The van der Waals surface area contributed by atoms with Crippen LogP contribution in [0.4, 0.5) is 5.69 Å². The fraction of sp³-hybridized carbons (Fsp3) is 0.455. The van der Waals surface area contributed by atoms with Crippen LogP contribution < -0.4 is 5.32 Å². The third-order valence-electron chi connectivity index (χ3n) is 1.87. The highest BCUT2D eigenvalue weighted by molar-refractivity contribution is 7.80. The van der Waals surface area contributed by atoms with Gasteiger partial charge in [-0.3, -0.25) is 0 Å². The van der Waals surface area contributed by atoms with Crippen LogP contribution in [0.25, 0.3) is 0 Å². The molecule has 0 aliphatic heterocycles. The minimum Gasteiger partial charge on any atom is -0.384 e. The minimum absolute atomic E-state index is 0.859. The van der Waals surface area contributed by atoms with E-state index in [1.165, 1.54) is 11.3 Å². The van der Waals surface area contributed by atoms with Gasteiger partial charge in [0, 0.05) is 24.5 Å². The normalized spacial score (nSPS) is 10.6. The molecule has 1 rings (SSSR count). The van der Waals surface area contributed by atoms with E-state index in [1.807, 2.05) is 0 Å². The average Bonchev–Trinajstić information content (AvgIpc) is 2.14. The fourth-order valence-corrected chi connectivity index (χ4v) is 1.46. The van der Waals surface area contributed by atoms with E-state index in [2.05, 4.69) is 61.2 Å². The van der Waals surface area contributed by atoms with Crippen LogP contribution in [-0.2, 0) is 6.54 Å². The Morgan fingerprint density at radius 3 is 2.79 bits per heavy atom. The maximum atomic E-state index is 4.16. The molecule has 0 aliphatic carbocycles. The third kappa shape index (κ3) is 4.03. The summed E-state index contributed by atoms with van der Waals surface area (Å²) in [5.74, 6) is 0.859. The average molecular weight is 210 g/mol. The van der Waals surface area contributed by atoms with Gasteiger partial charge < -0.3 is 10.2 Å². The third-order valence-corrected chi connectivity index (χ3v) is 2.09. The molecule has 0 saturated carbocycles. The molecule has 0 atom stereocenters. The first kappa shape index (κ1) is 11.4. The van der Waals surface area contributed by atoms with Gasteiger partial charge in [-0.1, -0.05) is 12.1 Å². The Kier molecular flexibility index (Phi) is 4.84. The van der Waals surface area contributed by atoms with E-state index in [4.69, 9.17) is 0 Å².